The standard InChI is InChI=1S/C19H22N4OS/c1-14-3-5-16(6-4-14)18-23-17(12-24-18)7-9-21-19(20-2)22-11-15-8-10-25-13-15/h3-6,8,10,12-13H,7,9,11H2,1-2H3,(H2,20,21,22). The lowest BCUT2D eigenvalue weighted by molar-refractivity contribution is 0.572. The number of aromatic nitrogens is 1. The smallest absolute Gasteiger partial charge is 0.226 e. The van der Waals surface area contributed by atoms with Crippen molar-refractivity contribution in [1.29, 1.82) is 0 Å². The van der Waals surface area contributed by atoms with Crippen molar-refractivity contribution >= 4 is 17.3 Å². The fourth-order valence-corrected chi connectivity index (χ4v) is 3.03. The summed E-state index contributed by atoms with van der Waals surface area (Å²) in [6.45, 7) is 3.57. The molecule has 2 N–H and O–H groups in total. The molecule has 0 spiro atoms. The Morgan fingerprint density at radius 2 is 2.04 bits per heavy atom. The molecule has 0 radical (unpaired) electrons. The summed E-state index contributed by atoms with van der Waals surface area (Å²) in [7, 11) is 1.77. The Kier molecular flexibility index (Phi) is 5.85. The minimum Gasteiger partial charge on any atom is -0.444 e. The molecule has 0 aliphatic carbocycles. The van der Waals surface area contributed by atoms with Gasteiger partial charge in [-0.1, -0.05) is 17.7 Å². The molecule has 2 aromatic heterocycles. The highest BCUT2D eigenvalue weighted by Crippen LogP contribution is 2.19. The minimum atomic E-state index is 0.662. The van der Waals surface area contributed by atoms with Gasteiger partial charge in [-0.15, -0.1) is 0 Å². The Labute approximate surface area is 151 Å². The van der Waals surface area contributed by atoms with Gasteiger partial charge in [-0.05, 0) is 41.4 Å². The maximum absolute atomic E-state index is 5.59. The number of hydrogen-bond donors (Lipinski definition) is 2. The highest BCUT2D eigenvalue weighted by Gasteiger charge is 2.07. The molecule has 0 saturated carbocycles. The molecule has 0 saturated heterocycles. The second kappa shape index (κ2) is 8.48. The fraction of sp³-hybridized carbons (Fsp3) is 0.263. The van der Waals surface area contributed by atoms with Crippen LogP contribution in [0.3, 0.4) is 0 Å². The molecule has 6 heteroatoms. The fourth-order valence-electron chi connectivity index (χ4n) is 2.36. The number of hydrogen-bond acceptors (Lipinski definition) is 4. The van der Waals surface area contributed by atoms with Gasteiger partial charge in [0.1, 0.15) is 6.26 Å². The van der Waals surface area contributed by atoms with Gasteiger partial charge in [-0.25, -0.2) is 4.98 Å². The van der Waals surface area contributed by atoms with E-state index in [1.807, 2.05) is 12.1 Å². The summed E-state index contributed by atoms with van der Waals surface area (Å²) in [5.74, 6) is 1.45. The summed E-state index contributed by atoms with van der Waals surface area (Å²) < 4.78 is 5.59. The molecule has 0 fully saturated rings. The van der Waals surface area contributed by atoms with Gasteiger partial charge in [0.05, 0.1) is 5.69 Å². The third-order valence-corrected chi connectivity index (χ3v) is 4.52. The number of guanidine groups is 1. The van der Waals surface area contributed by atoms with Crippen molar-refractivity contribution in [3.8, 4) is 11.5 Å². The van der Waals surface area contributed by atoms with E-state index in [0.29, 0.717) is 5.89 Å². The Bertz CT molecular complexity index is 806. The van der Waals surface area contributed by atoms with Gasteiger partial charge in [-0.3, -0.25) is 4.99 Å². The minimum absolute atomic E-state index is 0.662. The predicted molar refractivity (Wildman–Crippen MR) is 103 cm³/mol. The first-order chi connectivity index (χ1) is 12.2. The quantitative estimate of drug-likeness (QED) is 0.524. The molecule has 3 aromatic rings. The number of benzene rings is 1. The van der Waals surface area contributed by atoms with Crippen molar-refractivity contribution in [2.24, 2.45) is 4.99 Å². The molecule has 0 aliphatic heterocycles. The van der Waals surface area contributed by atoms with Crippen molar-refractivity contribution in [3.63, 3.8) is 0 Å². The van der Waals surface area contributed by atoms with Gasteiger partial charge in [-0.2, -0.15) is 11.3 Å². The molecule has 0 bridgehead atoms. The molecule has 130 valence electrons. The van der Waals surface area contributed by atoms with Crippen LogP contribution in [-0.2, 0) is 13.0 Å². The zero-order valence-electron chi connectivity index (χ0n) is 14.5. The van der Waals surface area contributed by atoms with Crippen molar-refractivity contribution < 1.29 is 4.42 Å². The van der Waals surface area contributed by atoms with Crippen molar-refractivity contribution in [2.45, 2.75) is 19.9 Å². The van der Waals surface area contributed by atoms with E-state index in [-0.39, 0.29) is 0 Å². The third-order valence-electron chi connectivity index (χ3n) is 3.79. The van der Waals surface area contributed by atoms with Gasteiger partial charge in [0.2, 0.25) is 5.89 Å². The molecule has 5 nitrogen and oxygen atoms in total. The second-order valence-electron chi connectivity index (χ2n) is 5.74. The molecule has 0 atom stereocenters. The predicted octanol–water partition coefficient (Wildman–Crippen LogP) is 3.62. The number of thiophene rings is 1. The van der Waals surface area contributed by atoms with E-state index in [1.165, 1.54) is 11.1 Å². The monoisotopic (exact) mass is 354 g/mol. The van der Waals surface area contributed by atoms with Gasteiger partial charge in [0.15, 0.2) is 5.96 Å². The van der Waals surface area contributed by atoms with Crippen molar-refractivity contribution in [1.82, 2.24) is 15.6 Å². The number of nitrogens with zero attached hydrogens (tertiary/aromatic N) is 2. The Hall–Kier alpha value is -2.60. The Morgan fingerprint density at radius 1 is 1.20 bits per heavy atom. The maximum atomic E-state index is 5.59. The van der Waals surface area contributed by atoms with Crippen LogP contribution >= 0.6 is 11.3 Å². The van der Waals surface area contributed by atoms with Crippen molar-refractivity contribution in [3.05, 3.63) is 64.2 Å². The highest BCUT2D eigenvalue weighted by atomic mass is 32.1. The van der Waals surface area contributed by atoms with E-state index in [2.05, 4.69) is 56.5 Å². The molecular weight excluding hydrogens is 332 g/mol. The lowest BCUT2D eigenvalue weighted by atomic mass is 10.1. The van der Waals surface area contributed by atoms with E-state index < -0.39 is 0 Å². The average molecular weight is 354 g/mol. The van der Waals surface area contributed by atoms with E-state index in [1.54, 1.807) is 24.6 Å². The summed E-state index contributed by atoms with van der Waals surface area (Å²) in [4.78, 5) is 8.79. The van der Waals surface area contributed by atoms with Crippen LogP contribution in [0.15, 0.2) is 56.8 Å². The Balaban J connectivity index is 1.47. The van der Waals surface area contributed by atoms with Crippen LogP contribution in [0.1, 0.15) is 16.8 Å². The molecule has 3 rings (SSSR count). The van der Waals surface area contributed by atoms with Crippen LogP contribution in [0.2, 0.25) is 0 Å². The first kappa shape index (κ1) is 17.2. The molecule has 0 amide bonds. The normalized spacial score (nSPS) is 11.5. The average Bonchev–Trinajstić information content (AvgIpc) is 3.30. The summed E-state index contributed by atoms with van der Waals surface area (Å²) in [5, 5.41) is 10.8. The lowest BCUT2D eigenvalue weighted by Gasteiger charge is -2.10. The summed E-state index contributed by atoms with van der Waals surface area (Å²) >= 11 is 1.70. The first-order valence-electron chi connectivity index (χ1n) is 8.21. The number of oxazole rings is 1. The first-order valence-corrected chi connectivity index (χ1v) is 9.16. The molecule has 0 aliphatic rings. The van der Waals surface area contributed by atoms with Gasteiger partial charge >= 0.3 is 0 Å². The maximum Gasteiger partial charge on any atom is 0.226 e. The number of nitrogens with one attached hydrogen (secondary N) is 2. The number of aryl methyl sites for hydroxylation is 1. The van der Waals surface area contributed by atoms with E-state index in [0.717, 1.165) is 36.7 Å². The Morgan fingerprint density at radius 3 is 2.76 bits per heavy atom. The van der Waals surface area contributed by atoms with Crippen LogP contribution in [0, 0.1) is 6.92 Å². The van der Waals surface area contributed by atoms with Crippen molar-refractivity contribution in [2.75, 3.05) is 13.6 Å². The van der Waals surface area contributed by atoms with Crippen LogP contribution in [0.4, 0.5) is 0 Å². The van der Waals surface area contributed by atoms with Gasteiger partial charge in [0, 0.05) is 32.1 Å². The van der Waals surface area contributed by atoms with Crippen LogP contribution in [0.5, 0.6) is 0 Å². The zero-order chi connectivity index (χ0) is 17.5. The van der Waals surface area contributed by atoms with Crippen LogP contribution in [0.25, 0.3) is 11.5 Å². The third kappa shape index (κ3) is 4.93. The van der Waals surface area contributed by atoms with Crippen LogP contribution in [-0.4, -0.2) is 24.5 Å². The van der Waals surface area contributed by atoms with E-state index in [4.69, 9.17) is 4.42 Å². The van der Waals surface area contributed by atoms with Gasteiger partial charge in [0.25, 0.3) is 0 Å². The number of aliphatic imine (C=N–C) groups is 1. The number of rotatable bonds is 6. The highest BCUT2D eigenvalue weighted by molar-refractivity contribution is 7.07. The lowest BCUT2D eigenvalue weighted by Crippen LogP contribution is -2.37. The second-order valence-corrected chi connectivity index (χ2v) is 6.52. The van der Waals surface area contributed by atoms with E-state index >= 15 is 0 Å². The molecular formula is C19H22N4OS. The topological polar surface area (TPSA) is 62.5 Å². The molecule has 1 aromatic carbocycles. The molecule has 2 heterocycles. The van der Waals surface area contributed by atoms with E-state index in [9.17, 15) is 0 Å². The molecule has 25 heavy (non-hydrogen) atoms. The summed E-state index contributed by atoms with van der Waals surface area (Å²) in [6.07, 6.45) is 2.49. The van der Waals surface area contributed by atoms with Gasteiger partial charge < -0.3 is 15.1 Å². The summed E-state index contributed by atoms with van der Waals surface area (Å²) in [5.41, 5.74) is 4.41. The summed E-state index contributed by atoms with van der Waals surface area (Å²) in [6, 6.07) is 10.3. The largest absolute Gasteiger partial charge is 0.444 e. The molecule has 0 unspecified atom stereocenters. The van der Waals surface area contributed by atoms with Crippen LogP contribution < -0.4 is 10.6 Å². The zero-order valence-corrected chi connectivity index (χ0v) is 15.3. The SMILES string of the molecule is CN=C(NCCc1coc(-c2ccc(C)cc2)n1)NCc1ccsc1.